The Labute approximate surface area is 117 Å². The summed E-state index contributed by atoms with van der Waals surface area (Å²) in [5.74, 6) is 0. The Morgan fingerprint density at radius 3 is 1.80 bits per heavy atom. The summed E-state index contributed by atoms with van der Waals surface area (Å²) >= 11 is 4.18. The summed E-state index contributed by atoms with van der Waals surface area (Å²) < 4.78 is 76.2. The van der Waals surface area contributed by atoms with E-state index in [1.54, 1.807) is 0 Å². The molecule has 1 atom stereocenters. The summed E-state index contributed by atoms with van der Waals surface area (Å²) in [7, 11) is 0. The van der Waals surface area contributed by atoms with Crippen LogP contribution in [0.15, 0.2) is 18.2 Å². The first kappa shape index (κ1) is 15.3. The monoisotopic (exact) mass is 315 g/mol. The second kappa shape index (κ2) is 5.05. The zero-order chi connectivity index (χ0) is 15.1. The van der Waals surface area contributed by atoms with Crippen molar-refractivity contribution in [3.05, 3.63) is 29.3 Å². The van der Waals surface area contributed by atoms with E-state index in [0.717, 1.165) is 12.1 Å². The zero-order valence-electron chi connectivity index (χ0n) is 10.1. The van der Waals surface area contributed by atoms with Crippen LogP contribution in [0, 0.1) is 0 Å². The average Bonchev–Trinajstić information content (AvgIpc) is 2.73. The molecule has 1 nitrogen and oxygen atoms in total. The predicted molar refractivity (Wildman–Crippen MR) is 66.1 cm³/mol. The van der Waals surface area contributed by atoms with Crippen molar-refractivity contribution in [1.29, 1.82) is 0 Å². The Morgan fingerprint density at radius 2 is 1.45 bits per heavy atom. The van der Waals surface area contributed by atoms with E-state index in [9.17, 15) is 26.3 Å². The molecule has 8 heteroatoms. The molecule has 0 radical (unpaired) electrons. The zero-order valence-corrected chi connectivity index (χ0v) is 11.0. The molecule has 1 saturated heterocycles. The molecular formula is C12H11F6NS. The molecule has 1 unspecified atom stereocenters. The Hall–Kier alpha value is -1.05. The van der Waals surface area contributed by atoms with Crippen LogP contribution in [0.25, 0.3) is 0 Å². The first-order chi connectivity index (χ1) is 9.07. The van der Waals surface area contributed by atoms with Gasteiger partial charge in [-0.25, -0.2) is 0 Å². The van der Waals surface area contributed by atoms with E-state index in [0.29, 0.717) is 19.5 Å². The summed E-state index contributed by atoms with van der Waals surface area (Å²) in [6.45, 7) is 0.731. The average molecular weight is 315 g/mol. The molecule has 0 saturated carbocycles. The minimum Gasteiger partial charge on any atom is -0.370 e. The number of hydrogen-bond acceptors (Lipinski definition) is 2. The van der Waals surface area contributed by atoms with E-state index in [1.165, 1.54) is 4.90 Å². The quantitative estimate of drug-likeness (QED) is 0.599. The van der Waals surface area contributed by atoms with Crippen LogP contribution in [0.2, 0.25) is 0 Å². The van der Waals surface area contributed by atoms with Crippen LogP contribution in [0.4, 0.5) is 32.0 Å². The van der Waals surface area contributed by atoms with Crippen molar-refractivity contribution < 1.29 is 26.3 Å². The minimum absolute atomic E-state index is 0.0427. The van der Waals surface area contributed by atoms with Crippen LogP contribution in [-0.4, -0.2) is 18.3 Å². The number of hydrogen-bond donors (Lipinski definition) is 1. The third kappa shape index (κ3) is 3.34. The van der Waals surface area contributed by atoms with E-state index >= 15 is 0 Å². The van der Waals surface area contributed by atoms with Crippen LogP contribution in [0.1, 0.15) is 17.5 Å². The van der Waals surface area contributed by atoms with Gasteiger partial charge in [0.2, 0.25) is 0 Å². The predicted octanol–water partition coefficient (Wildman–Crippen LogP) is 4.23. The Balaban J connectivity index is 2.46. The van der Waals surface area contributed by atoms with E-state index in [4.69, 9.17) is 0 Å². The topological polar surface area (TPSA) is 3.24 Å². The maximum absolute atomic E-state index is 12.7. The van der Waals surface area contributed by atoms with Gasteiger partial charge in [0, 0.05) is 24.0 Å². The lowest BCUT2D eigenvalue weighted by atomic mass is 10.1. The summed E-state index contributed by atoms with van der Waals surface area (Å²) in [6, 6.07) is 1.64. The summed E-state index contributed by atoms with van der Waals surface area (Å²) in [5.41, 5.74) is -2.64. The molecule has 0 amide bonds. The van der Waals surface area contributed by atoms with E-state index in [1.807, 2.05) is 0 Å². The second-order valence-corrected chi connectivity index (χ2v) is 5.38. The third-order valence-corrected chi connectivity index (χ3v) is 3.52. The standard InChI is InChI=1S/C12H11F6NS/c13-11(14,15)7-3-8(12(16,17)18)5-9(4-7)19-2-1-10(20)6-19/h3-5,10,20H,1-2,6H2. The van der Waals surface area contributed by atoms with Gasteiger partial charge in [-0.3, -0.25) is 0 Å². The normalized spacial score (nSPS) is 20.6. The largest absolute Gasteiger partial charge is 0.416 e. The molecule has 0 bridgehead atoms. The fourth-order valence-corrected chi connectivity index (χ4v) is 2.41. The molecule has 0 N–H and O–H groups in total. The molecule has 1 aromatic carbocycles. The minimum atomic E-state index is -4.81. The smallest absolute Gasteiger partial charge is 0.370 e. The first-order valence-electron chi connectivity index (χ1n) is 5.80. The molecule has 0 spiro atoms. The van der Waals surface area contributed by atoms with Crippen LogP contribution in [0.3, 0.4) is 0 Å². The van der Waals surface area contributed by atoms with Crippen molar-refractivity contribution in [2.75, 3.05) is 18.0 Å². The number of benzene rings is 1. The number of alkyl halides is 6. The highest BCUT2D eigenvalue weighted by Gasteiger charge is 2.37. The van der Waals surface area contributed by atoms with Crippen molar-refractivity contribution in [1.82, 2.24) is 0 Å². The lowest BCUT2D eigenvalue weighted by molar-refractivity contribution is -0.143. The molecule has 1 aromatic rings. The van der Waals surface area contributed by atoms with Crippen molar-refractivity contribution in [3.63, 3.8) is 0 Å². The van der Waals surface area contributed by atoms with Gasteiger partial charge in [-0.2, -0.15) is 39.0 Å². The van der Waals surface area contributed by atoms with Crippen LogP contribution in [0.5, 0.6) is 0 Å². The molecule has 1 aliphatic heterocycles. The number of rotatable bonds is 1. The molecule has 1 fully saturated rings. The van der Waals surface area contributed by atoms with Gasteiger partial charge in [-0.1, -0.05) is 0 Å². The number of anilines is 1. The Bertz CT molecular complexity index is 463. The highest BCUT2D eigenvalue weighted by atomic mass is 32.1. The summed E-state index contributed by atoms with van der Waals surface area (Å²) in [4.78, 5) is 1.49. The number of thiol groups is 1. The highest BCUT2D eigenvalue weighted by Crippen LogP contribution is 2.39. The molecular weight excluding hydrogens is 304 g/mol. The van der Waals surface area contributed by atoms with Crippen molar-refractivity contribution >= 4 is 18.3 Å². The molecule has 0 aromatic heterocycles. The Kier molecular flexibility index (Phi) is 3.88. The van der Waals surface area contributed by atoms with Gasteiger partial charge < -0.3 is 4.90 Å². The summed E-state index contributed by atoms with van der Waals surface area (Å²) in [6.07, 6.45) is -8.99. The van der Waals surface area contributed by atoms with Gasteiger partial charge in [0.1, 0.15) is 0 Å². The molecule has 20 heavy (non-hydrogen) atoms. The number of nitrogens with zero attached hydrogens (tertiary/aromatic N) is 1. The van der Waals surface area contributed by atoms with Crippen molar-refractivity contribution in [2.45, 2.75) is 24.0 Å². The molecule has 0 aliphatic carbocycles. The van der Waals surface area contributed by atoms with Gasteiger partial charge in [-0.15, -0.1) is 0 Å². The first-order valence-corrected chi connectivity index (χ1v) is 6.31. The van der Waals surface area contributed by atoms with Gasteiger partial charge in [-0.05, 0) is 24.6 Å². The van der Waals surface area contributed by atoms with Crippen LogP contribution < -0.4 is 4.90 Å². The van der Waals surface area contributed by atoms with Gasteiger partial charge in [0.15, 0.2) is 0 Å². The fourth-order valence-electron chi connectivity index (χ4n) is 2.10. The van der Waals surface area contributed by atoms with Crippen LogP contribution in [-0.2, 0) is 12.4 Å². The highest BCUT2D eigenvalue weighted by molar-refractivity contribution is 7.81. The molecule has 2 rings (SSSR count). The van der Waals surface area contributed by atoms with Crippen molar-refractivity contribution in [2.24, 2.45) is 0 Å². The van der Waals surface area contributed by atoms with Gasteiger partial charge in [0.05, 0.1) is 11.1 Å². The maximum Gasteiger partial charge on any atom is 0.416 e. The maximum atomic E-state index is 12.7. The Morgan fingerprint density at radius 1 is 0.950 bits per heavy atom. The molecule has 1 heterocycles. The van der Waals surface area contributed by atoms with E-state index in [-0.39, 0.29) is 17.0 Å². The van der Waals surface area contributed by atoms with Crippen molar-refractivity contribution in [3.8, 4) is 0 Å². The number of halogens is 6. The van der Waals surface area contributed by atoms with Gasteiger partial charge in [0.25, 0.3) is 0 Å². The van der Waals surface area contributed by atoms with Gasteiger partial charge >= 0.3 is 12.4 Å². The van der Waals surface area contributed by atoms with E-state index < -0.39 is 23.5 Å². The lowest BCUT2D eigenvalue weighted by Gasteiger charge is -2.21. The van der Waals surface area contributed by atoms with E-state index in [2.05, 4.69) is 12.6 Å². The molecule has 1 aliphatic rings. The lowest BCUT2D eigenvalue weighted by Crippen LogP contribution is -2.21. The second-order valence-electron chi connectivity index (χ2n) is 4.65. The SMILES string of the molecule is FC(F)(F)c1cc(N2CCC(S)C2)cc(C(F)(F)F)c1. The fraction of sp³-hybridized carbons (Fsp3) is 0.500. The van der Waals surface area contributed by atoms with Crippen LogP contribution >= 0.6 is 12.6 Å². The third-order valence-electron chi connectivity index (χ3n) is 3.10. The molecule has 112 valence electrons. The summed E-state index contributed by atoms with van der Waals surface area (Å²) in [5, 5.41) is -0.0427.